The lowest BCUT2D eigenvalue weighted by atomic mass is 10.2. The molecule has 1 aromatic carbocycles. The fourth-order valence-electron chi connectivity index (χ4n) is 1.84. The van der Waals surface area contributed by atoms with Crippen molar-refractivity contribution in [2.75, 3.05) is 0 Å². The molecule has 0 spiro atoms. The third-order valence-corrected chi connectivity index (χ3v) is 4.31. The summed E-state index contributed by atoms with van der Waals surface area (Å²) in [5.41, 5.74) is -1.08. The van der Waals surface area contributed by atoms with Crippen molar-refractivity contribution in [2.45, 2.75) is 11.6 Å². The molecule has 0 radical (unpaired) electrons. The molecule has 0 fully saturated rings. The van der Waals surface area contributed by atoms with Gasteiger partial charge in [-0.2, -0.15) is 4.73 Å². The summed E-state index contributed by atoms with van der Waals surface area (Å²) in [7, 11) is -4.19. The molecule has 2 aromatic rings. The molecule has 1 aromatic heterocycles. The molecular formula is C12H10N4O7S. The summed E-state index contributed by atoms with van der Waals surface area (Å²) < 4.78 is 26.3. The van der Waals surface area contributed by atoms with Crippen LogP contribution in [0.5, 0.6) is 0 Å². The van der Waals surface area contributed by atoms with E-state index in [1.807, 2.05) is 0 Å². The summed E-state index contributed by atoms with van der Waals surface area (Å²) in [4.78, 5) is 19.9. The van der Waals surface area contributed by atoms with Crippen LogP contribution >= 0.6 is 0 Å². The van der Waals surface area contributed by atoms with Crippen molar-refractivity contribution in [3.05, 3.63) is 73.6 Å². The number of non-ortho nitro benzene ring substituents is 2. The number of pyridine rings is 1. The van der Waals surface area contributed by atoms with Gasteiger partial charge in [0.15, 0.2) is 6.20 Å². The number of nitro groups is 2. The first-order chi connectivity index (χ1) is 11.2. The topological polar surface area (TPSA) is 159 Å². The maximum absolute atomic E-state index is 12.1. The Labute approximate surface area is 135 Å². The van der Waals surface area contributed by atoms with Crippen molar-refractivity contribution >= 4 is 21.4 Å². The van der Waals surface area contributed by atoms with Crippen LogP contribution in [0.1, 0.15) is 5.56 Å². The standard InChI is InChI=1S/C12H10N4O7S/c17-14-4-2-1-3-12(14)24(22,23)13-8-9-5-10(15(18)19)7-11(6-9)16(20)21/h1-7,13H,8H2. The van der Waals surface area contributed by atoms with Crippen molar-refractivity contribution in [1.82, 2.24) is 4.72 Å². The summed E-state index contributed by atoms with van der Waals surface area (Å²) in [6.45, 7) is -0.459. The lowest BCUT2D eigenvalue weighted by Gasteiger charge is -2.07. The molecule has 0 aliphatic rings. The molecule has 24 heavy (non-hydrogen) atoms. The number of hydrogen-bond acceptors (Lipinski definition) is 7. The van der Waals surface area contributed by atoms with Gasteiger partial charge < -0.3 is 5.21 Å². The second-order valence-corrected chi connectivity index (χ2v) is 6.27. The molecule has 0 saturated heterocycles. The molecule has 12 heteroatoms. The van der Waals surface area contributed by atoms with E-state index >= 15 is 0 Å². The Morgan fingerprint density at radius 1 is 1.04 bits per heavy atom. The molecule has 0 atom stereocenters. The van der Waals surface area contributed by atoms with Crippen LogP contribution in [-0.2, 0) is 16.6 Å². The highest BCUT2D eigenvalue weighted by Gasteiger charge is 2.24. The number of sulfonamides is 1. The average Bonchev–Trinajstić information content (AvgIpc) is 2.53. The van der Waals surface area contributed by atoms with Gasteiger partial charge in [-0.15, -0.1) is 0 Å². The van der Waals surface area contributed by atoms with Crippen LogP contribution < -0.4 is 9.45 Å². The van der Waals surface area contributed by atoms with E-state index in [1.165, 1.54) is 12.1 Å². The highest BCUT2D eigenvalue weighted by molar-refractivity contribution is 7.89. The fraction of sp³-hybridized carbons (Fsp3) is 0.0833. The third-order valence-electron chi connectivity index (χ3n) is 2.91. The second kappa shape index (κ2) is 6.55. The van der Waals surface area contributed by atoms with E-state index in [4.69, 9.17) is 0 Å². The molecule has 1 heterocycles. The SMILES string of the molecule is O=[N+]([O-])c1cc(CNS(=O)(=O)c2cccc[n+]2[O-])cc([N+](=O)[O-])c1. The molecule has 11 nitrogen and oxygen atoms in total. The largest absolute Gasteiger partial charge is 0.618 e. The number of nitro benzene ring substituents is 2. The van der Waals surface area contributed by atoms with E-state index in [0.29, 0.717) is 0 Å². The summed E-state index contributed by atoms with van der Waals surface area (Å²) in [5.74, 6) is 0. The molecule has 1 N–H and O–H groups in total. The maximum Gasteiger partial charge on any atom is 0.323 e. The van der Waals surface area contributed by atoms with Gasteiger partial charge in [-0.3, -0.25) is 20.2 Å². The van der Waals surface area contributed by atoms with E-state index in [-0.39, 0.29) is 10.3 Å². The van der Waals surface area contributed by atoms with Crippen molar-refractivity contribution < 1.29 is 23.0 Å². The minimum absolute atomic E-state index is 0.00727. The monoisotopic (exact) mass is 354 g/mol. The van der Waals surface area contributed by atoms with Crippen molar-refractivity contribution in [3.63, 3.8) is 0 Å². The molecule has 0 saturated carbocycles. The van der Waals surface area contributed by atoms with E-state index < -0.39 is 42.8 Å². The summed E-state index contributed by atoms with van der Waals surface area (Å²) >= 11 is 0. The van der Waals surface area contributed by atoms with Gasteiger partial charge in [0.1, 0.15) is 0 Å². The van der Waals surface area contributed by atoms with Crippen LogP contribution in [-0.4, -0.2) is 18.3 Å². The first kappa shape index (κ1) is 17.2. The zero-order chi connectivity index (χ0) is 17.9. The first-order valence-electron chi connectivity index (χ1n) is 6.31. The minimum atomic E-state index is -4.19. The van der Waals surface area contributed by atoms with Crippen LogP contribution in [0.15, 0.2) is 47.6 Å². The van der Waals surface area contributed by atoms with Crippen molar-refractivity contribution in [1.29, 1.82) is 0 Å². The summed E-state index contributed by atoms with van der Waals surface area (Å²) in [6.07, 6.45) is 0.993. The van der Waals surface area contributed by atoms with Gasteiger partial charge in [-0.25, -0.2) is 13.1 Å². The Morgan fingerprint density at radius 3 is 2.12 bits per heavy atom. The lowest BCUT2D eigenvalue weighted by molar-refractivity contribution is -0.646. The summed E-state index contributed by atoms with van der Waals surface area (Å²) in [5, 5.41) is 32.5. The molecule has 0 amide bonds. The van der Waals surface area contributed by atoms with E-state index in [2.05, 4.69) is 4.72 Å². The van der Waals surface area contributed by atoms with E-state index in [9.17, 15) is 33.9 Å². The Balaban J connectivity index is 2.30. The molecule has 0 aliphatic heterocycles. The van der Waals surface area contributed by atoms with Gasteiger partial charge in [-0.1, -0.05) is 0 Å². The Kier molecular flexibility index (Phi) is 4.71. The Bertz CT molecular complexity index is 881. The number of rotatable bonds is 6. The molecule has 0 bridgehead atoms. The zero-order valence-corrected chi connectivity index (χ0v) is 12.7. The van der Waals surface area contributed by atoms with Gasteiger partial charge in [0, 0.05) is 30.8 Å². The number of nitrogens with zero attached hydrogens (tertiary/aromatic N) is 3. The first-order valence-corrected chi connectivity index (χ1v) is 7.79. The quantitative estimate of drug-likeness (QED) is 0.344. The maximum atomic E-state index is 12.1. The Morgan fingerprint density at radius 2 is 1.62 bits per heavy atom. The fourth-order valence-corrected chi connectivity index (χ4v) is 2.90. The third kappa shape index (κ3) is 3.80. The van der Waals surface area contributed by atoms with Gasteiger partial charge in [0.05, 0.1) is 15.9 Å². The zero-order valence-electron chi connectivity index (χ0n) is 11.9. The molecule has 0 aliphatic carbocycles. The van der Waals surface area contributed by atoms with Gasteiger partial charge in [0.25, 0.3) is 11.4 Å². The van der Waals surface area contributed by atoms with Gasteiger partial charge in [-0.05, 0) is 11.6 Å². The lowest BCUT2D eigenvalue weighted by Crippen LogP contribution is -2.38. The second-order valence-electron chi connectivity index (χ2n) is 4.56. The predicted octanol–water partition coefficient (Wildman–Crippen LogP) is 0.615. The van der Waals surface area contributed by atoms with Crippen LogP contribution in [0.3, 0.4) is 0 Å². The predicted molar refractivity (Wildman–Crippen MR) is 79.2 cm³/mol. The number of aromatic nitrogens is 1. The molecule has 2 rings (SSSR count). The van der Waals surface area contributed by atoms with Gasteiger partial charge in [0.2, 0.25) is 0 Å². The average molecular weight is 354 g/mol. The van der Waals surface area contributed by atoms with Crippen LogP contribution in [0.25, 0.3) is 0 Å². The number of nitrogens with one attached hydrogen (secondary N) is 1. The molecule has 126 valence electrons. The Hall–Kier alpha value is -3.12. The smallest absolute Gasteiger partial charge is 0.323 e. The van der Waals surface area contributed by atoms with Crippen LogP contribution in [0.4, 0.5) is 11.4 Å². The van der Waals surface area contributed by atoms with Crippen molar-refractivity contribution in [2.24, 2.45) is 0 Å². The normalized spacial score (nSPS) is 11.2. The van der Waals surface area contributed by atoms with Crippen LogP contribution in [0, 0.1) is 25.4 Å². The number of benzene rings is 1. The molecular weight excluding hydrogens is 344 g/mol. The van der Waals surface area contributed by atoms with Gasteiger partial charge >= 0.3 is 15.0 Å². The number of hydrogen-bond donors (Lipinski definition) is 1. The molecule has 0 unspecified atom stereocenters. The highest BCUT2D eigenvalue weighted by atomic mass is 32.2. The minimum Gasteiger partial charge on any atom is -0.618 e. The van der Waals surface area contributed by atoms with Crippen molar-refractivity contribution in [3.8, 4) is 0 Å². The van der Waals surface area contributed by atoms with Crippen LogP contribution in [0.2, 0.25) is 0 Å². The summed E-state index contributed by atoms with van der Waals surface area (Å²) in [6, 6.07) is 6.54. The van der Waals surface area contributed by atoms with E-state index in [0.717, 1.165) is 30.5 Å². The van der Waals surface area contributed by atoms with E-state index in [1.54, 1.807) is 0 Å². The highest BCUT2D eigenvalue weighted by Crippen LogP contribution is 2.22.